The maximum absolute atomic E-state index is 4.87. The molecular formula is C8H8N4O2. The SMILES string of the molecule is NOCc1nc(-c2ccccn2)no1. The van der Waals surface area contributed by atoms with E-state index in [2.05, 4.69) is 20.0 Å². The van der Waals surface area contributed by atoms with Crippen molar-refractivity contribution in [3.63, 3.8) is 0 Å². The fraction of sp³-hybridized carbons (Fsp3) is 0.125. The van der Waals surface area contributed by atoms with Crippen molar-refractivity contribution in [3.8, 4) is 11.5 Å². The van der Waals surface area contributed by atoms with E-state index in [1.807, 2.05) is 12.1 Å². The van der Waals surface area contributed by atoms with Gasteiger partial charge < -0.3 is 4.52 Å². The second-order valence-corrected chi connectivity index (χ2v) is 2.54. The highest BCUT2D eigenvalue weighted by Gasteiger charge is 2.08. The summed E-state index contributed by atoms with van der Waals surface area (Å²) in [6.45, 7) is 0.0971. The van der Waals surface area contributed by atoms with Crippen LogP contribution in [-0.4, -0.2) is 15.1 Å². The third kappa shape index (κ3) is 1.76. The van der Waals surface area contributed by atoms with Crippen LogP contribution in [0.2, 0.25) is 0 Å². The van der Waals surface area contributed by atoms with Crippen molar-refractivity contribution >= 4 is 0 Å². The van der Waals surface area contributed by atoms with E-state index >= 15 is 0 Å². The molecule has 6 heteroatoms. The molecule has 0 spiro atoms. The monoisotopic (exact) mass is 192 g/mol. The van der Waals surface area contributed by atoms with Crippen molar-refractivity contribution in [2.24, 2.45) is 5.90 Å². The van der Waals surface area contributed by atoms with Crippen LogP contribution in [-0.2, 0) is 11.4 Å². The van der Waals surface area contributed by atoms with E-state index < -0.39 is 0 Å². The van der Waals surface area contributed by atoms with Crippen LogP contribution in [0, 0.1) is 0 Å². The van der Waals surface area contributed by atoms with E-state index in [0.29, 0.717) is 17.4 Å². The highest BCUT2D eigenvalue weighted by atomic mass is 16.6. The smallest absolute Gasteiger partial charge is 0.255 e. The van der Waals surface area contributed by atoms with Crippen LogP contribution in [0.15, 0.2) is 28.9 Å². The molecule has 0 aliphatic heterocycles. The number of hydrogen-bond donors (Lipinski definition) is 1. The maximum atomic E-state index is 4.87. The lowest BCUT2D eigenvalue weighted by molar-refractivity contribution is 0.0996. The summed E-state index contributed by atoms with van der Waals surface area (Å²) < 4.78 is 4.85. The van der Waals surface area contributed by atoms with E-state index in [1.54, 1.807) is 12.3 Å². The summed E-state index contributed by atoms with van der Waals surface area (Å²) in [7, 11) is 0. The van der Waals surface area contributed by atoms with Gasteiger partial charge >= 0.3 is 0 Å². The van der Waals surface area contributed by atoms with E-state index in [0.717, 1.165) is 0 Å². The molecule has 0 bridgehead atoms. The van der Waals surface area contributed by atoms with Gasteiger partial charge in [0, 0.05) is 6.20 Å². The summed E-state index contributed by atoms with van der Waals surface area (Å²) in [6.07, 6.45) is 1.66. The largest absolute Gasteiger partial charge is 0.336 e. The van der Waals surface area contributed by atoms with Crippen molar-refractivity contribution in [1.82, 2.24) is 15.1 Å². The van der Waals surface area contributed by atoms with Gasteiger partial charge in [-0.15, -0.1) is 0 Å². The zero-order valence-electron chi connectivity index (χ0n) is 7.25. The predicted molar refractivity (Wildman–Crippen MR) is 46.5 cm³/mol. The average molecular weight is 192 g/mol. The molecule has 72 valence electrons. The molecule has 2 aromatic heterocycles. The lowest BCUT2D eigenvalue weighted by Crippen LogP contribution is -1.98. The number of rotatable bonds is 3. The standard InChI is InChI=1S/C8H8N4O2/c9-13-5-7-11-8(12-14-7)6-3-1-2-4-10-6/h1-4H,5,9H2. The highest BCUT2D eigenvalue weighted by Crippen LogP contribution is 2.11. The fourth-order valence-corrected chi connectivity index (χ4v) is 0.984. The minimum absolute atomic E-state index is 0.0971. The van der Waals surface area contributed by atoms with Crippen molar-refractivity contribution in [1.29, 1.82) is 0 Å². The van der Waals surface area contributed by atoms with Gasteiger partial charge in [-0.25, -0.2) is 5.90 Å². The Bertz CT molecular complexity index is 401. The van der Waals surface area contributed by atoms with Gasteiger partial charge in [0.2, 0.25) is 5.82 Å². The Labute approximate surface area is 79.7 Å². The Morgan fingerprint density at radius 1 is 1.43 bits per heavy atom. The van der Waals surface area contributed by atoms with E-state index in [4.69, 9.17) is 10.4 Å². The van der Waals surface area contributed by atoms with E-state index in [-0.39, 0.29) is 6.61 Å². The Balaban J connectivity index is 2.25. The summed E-state index contributed by atoms with van der Waals surface area (Å²) in [5.41, 5.74) is 0.652. The number of aromatic nitrogens is 3. The zero-order valence-corrected chi connectivity index (χ0v) is 7.25. The first-order valence-corrected chi connectivity index (χ1v) is 3.96. The minimum Gasteiger partial charge on any atom is -0.336 e. The van der Waals surface area contributed by atoms with Crippen LogP contribution in [0.1, 0.15) is 5.89 Å². The van der Waals surface area contributed by atoms with Gasteiger partial charge in [0.1, 0.15) is 12.3 Å². The van der Waals surface area contributed by atoms with Crippen LogP contribution < -0.4 is 5.90 Å². The molecule has 0 saturated carbocycles. The molecule has 2 aromatic rings. The van der Waals surface area contributed by atoms with Crippen molar-refractivity contribution < 1.29 is 9.36 Å². The lowest BCUT2D eigenvalue weighted by Gasteiger charge is -1.89. The molecule has 0 radical (unpaired) electrons. The molecule has 0 aliphatic rings. The van der Waals surface area contributed by atoms with Gasteiger partial charge in [-0.2, -0.15) is 4.98 Å². The van der Waals surface area contributed by atoms with Crippen LogP contribution >= 0.6 is 0 Å². The second kappa shape index (κ2) is 3.95. The van der Waals surface area contributed by atoms with Gasteiger partial charge in [-0.1, -0.05) is 11.2 Å². The number of hydrogen-bond acceptors (Lipinski definition) is 6. The summed E-state index contributed by atoms with van der Waals surface area (Å²) in [4.78, 5) is 12.5. The fourth-order valence-electron chi connectivity index (χ4n) is 0.984. The quantitative estimate of drug-likeness (QED) is 0.713. The second-order valence-electron chi connectivity index (χ2n) is 2.54. The van der Waals surface area contributed by atoms with Gasteiger partial charge in [0.05, 0.1) is 0 Å². The molecule has 2 heterocycles. The van der Waals surface area contributed by atoms with Crippen LogP contribution in [0.5, 0.6) is 0 Å². The molecule has 0 saturated heterocycles. The highest BCUT2D eigenvalue weighted by molar-refractivity contribution is 5.46. The van der Waals surface area contributed by atoms with Gasteiger partial charge in [0.25, 0.3) is 5.89 Å². The Morgan fingerprint density at radius 3 is 3.07 bits per heavy atom. The molecular weight excluding hydrogens is 184 g/mol. The van der Waals surface area contributed by atoms with Gasteiger partial charge in [-0.05, 0) is 12.1 Å². The molecule has 0 amide bonds. The average Bonchev–Trinajstić information content (AvgIpc) is 2.68. The Morgan fingerprint density at radius 2 is 2.36 bits per heavy atom. The molecule has 0 aliphatic carbocycles. The maximum Gasteiger partial charge on any atom is 0.255 e. The van der Waals surface area contributed by atoms with Crippen molar-refractivity contribution in [2.45, 2.75) is 6.61 Å². The van der Waals surface area contributed by atoms with Crippen LogP contribution in [0.3, 0.4) is 0 Å². The van der Waals surface area contributed by atoms with Crippen LogP contribution in [0.25, 0.3) is 11.5 Å². The van der Waals surface area contributed by atoms with Crippen molar-refractivity contribution in [3.05, 3.63) is 30.3 Å². The van der Waals surface area contributed by atoms with Crippen LogP contribution in [0.4, 0.5) is 0 Å². The normalized spacial score (nSPS) is 10.4. The molecule has 0 fully saturated rings. The molecule has 14 heavy (non-hydrogen) atoms. The first-order valence-electron chi connectivity index (χ1n) is 3.96. The molecule has 2 rings (SSSR count). The summed E-state index contributed by atoms with van der Waals surface area (Å²) in [5.74, 6) is 5.62. The first-order chi connectivity index (χ1) is 6.90. The lowest BCUT2D eigenvalue weighted by atomic mass is 10.3. The predicted octanol–water partition coefficient (Wildman–Crippen LogP) is 0.522. The van der Waals surface area contributed by atoms with Crippen molar-refractivity contribution in [2.75, 3.05) is 0 Å². The molecule has 0 aromatic carbocycles. The van der Waals surface area contributed by atoms with E-state index in [1.165, 1.54) is 0 Å². The third-order valence-corrected chi connectivity index (χ3v) is 1.57. The first kappa shape index (κ1) is 8.79. The van der Waals surface area contributed by atoms with E-state index in [9.17, 15) is 0 Å². The Kier molecular flexibility index (Phi) is 2.48. The summed E-state index contributed by atoms with van der Waals surface area (Å²) in [6, 6.07) is 5.45. The zero-order chi connectivity index (χ0) is 9.80. The summed E-state index contributed by atoms with van der Waals surface area (Å²) >= 11 is 0. The topological polar surface area (TPSA) is 87.1 Å². The summed E-state index contributed by atoms with van der Waals surface area (Å²) in [5, 5.41) is 3.72. The molecule has 2 N–H and O–H groups in total. The molecule has 6 nitrogen and oxygen atoms in total. The number of nitrogens with two attached hydrogens (primary N) is 1. The minimum atomic E-state index is 0.0971. The molecule has 0 atom stereocenters. The number of pyridine rings is 1. The Hall–Kier alpha value is -1.79. The molecule has 0 unspecified atom stereocenters. The third-order valence-electron chi connectivity index (χ3n) is 1.57. The van der Waals surface area contributed by atoms with Gasteiger partial charge in [0.15, 0.2) is 0 Å². The number of nitrogens with zero attached hydrogens (tertiary/aromatic N) is 3. The van der Waals surface area contributed by atoms with Gasteiger partial charge in [-0.3, -0.25) is 9.82 Å².